The number of fused-ring (bicyclic) bond motifs is 1. The first-order valence-corrected chi connectivity index (χ1v) is 9.89. The summed E-state index contributed by atoms with van der Waals surface area (Å²) in [4.78, 5) is 37.1. The molecule has 1 aliphatic heterocycles. The topological polar surface area (TPSA) is 111 Å². The maximum atomic E-state index is 12.2. The largest absolute Gasteiger partial charge is 0.469 e. The van der Waals surface area contributed by atoms with Crippen molar-refractivity contribution in [2.45, 2.75) is 57.5 Å². The van der Waals surface area contributed by atoms with E-state index in [4.69, 9.17) is 9.47 Å². The van der Waals surface area contributed by atoms with Crippen LogP contribution in [0.3, 0.4) is 0 Å². The number of benzene rings is 1. The molecule has 9 heteroatoms. The van der Waals surface area contributed by atoms with Gasteiger partial charge in [-0.15, -0.1) is 0 Å². The van der Waals surface area contributed by atoms with Gasteiger partial charge < -0.3 is 14.8 Å². The van der Waals surface area contributed by atoms with E-state index in [0.29, 0.717) is 36.2 Å². The highest BCUT2D eigenvalue weighted by Gasteiger charge is 2.36. The highest BCUT2D eigenvalue weighted by molar-refractivity contribution is 5.92. The zero-order chi connectivity index (χ0) is 21.1. The van der Waals surface area contributed by atoms with Gasteiger partial charge in [0, 0.05) is 12.1 Å². The fourth-order valence-corrected chi connectivity index (χ4v) is 4.44. The molecule has 1 aliphatic carbocycles. The molecule has 3 rings (SSSR count). The van der Waals surface area contributed by atoms with E-state index in [1.165, 1.54) is 19.1 Å². The van der Waals surface area contributed by atoms with Gasteiger partial charge in [-0.25, -0.2) is 4.79 Å². The Kier molecular flexibility index (Phi) is 6.24. The van der Waals surface area contributed by atoms with Gasteiger partial charge in [0.15, 0.2) is 0 Å². The van der Waals surface area contributed by atoms with Crippen LogP contribution in [0.25, 0.3) is 0 Å². The Labute approximate surface area is 169 Å². The molecule has 2 aliphatic rings. The van der Waals surface area contributed by atoms with Crippen molar-refractivity contribution in [2.75, 3.05) is 24.4 Å². The maximum Gasteiger partial charge on any atom is 0.414 e. The second-order valence-electron chi connectivity index (χ2n) is 7.67. The van der Waals surface area contributed by atoms with Crippen molar-refractivity contribution < 1.29 is 24.0 Å². The van der Waals surface area contributed by atoms with Crippen molar-refractivity contribution in [2.24, 2.45) is 5.92 Å². The third-order valence-electron chi connectivity index (χ3n) is 5.89. The van der Waals surface area contributed by atoms with Gasteiger partial charge in [-0.05, 0) is 51.2 Å². The summed E-state index contributed by atoms with van der Waals surface area (Å²) >= 11 is 0. The quantitative estimate of drug-likeness (QED) is 0.462. The number of methoxy groups -OCH3 is 2. The maximum absolute atomic E-state index is 12.2. The van der Waals surface area contributed by atoms with Crippen molar-refractivity contribution in [3.05, 3.63) is 27.8 Å². The predicted octanol–water partition coefficient (Wildman–Crippen LogP) is 3.65. The van der Waals surface area contributed by atoms with E-state index in [9.17, 15) is 19.7 Å². The van der Waals surface area contributed by atoms with Crippen LogP contribution in [0.1, 0.15) is 44.6 Å². The predicted molar refractivity (Wildman–Crippen MR) is 107 cm³/mol. The van der Waals surface area contributed by atoms with Gasteiger partial charge in [0.05, 0.1) is 36.3 Å². The van der Waals surface area contributed by atoms with Crippen LogP contribution in [-0.2, 0) is 20.7 Å². The zero-order valence-electron chi connectivity index (χ0n) is 17.0. The number of esters is 1. The molecule has 1 aromatic carbocycles. The van der Waals surface area contributed by atoms with Gasteiger partial charge in [0.2, 0.25) is 0 Å². The van der Waals surface area contributed by atoms with Crippen LogP contribution >= 0.6 is 0 Å². The fraction of sp³-hybridized carbons (Fsp3) is 0.600. The Balaban J connectivity index is 1.92. The molecule has 1 amide bonds. The first-order valence-electron chi connectivity index (χ1n) is 9.89. The Morgan fingerprint density at radius 2 is 1.97 bits per heavy atom. The van der Waals surface area contributed by atoms with Crippen LogP contribution in [0.4, 0.5) is 21.9 Å². The summed E-state index contributed by atoms with van der Waals surface area (Å²) in [6.45, 7) is 1.90. The lowest BCUT2D eigenvalue weighted by Gasteiger charge is -2.34. The van der Waals surface area contributed by atoms with Crippen LogP contribution in [0, 0.1) is 16.0 Å². The number of anilines is 2. The molecule has 1 aromatic rings. The van der Waals surface area contributed by atoms with Crippen molar-refractivity contribution in [3.63, 3.8) is 0 Å². The van der Waals surface area contributed by atoms with Crippen LogP contribution in [-0.4, -0.2) is 43.3 Å². The smallest absolute Gasteiger partial charge is 0.414 e. The third-order valence-corrected chi connectivity index (χ3v) is 5.89. The molecule has 0 bridgehead atoms. The average molecular weight is 405 g/mol. The molecule has 0 unspecified atom stereocenters. The van der Waals surface area contributed by atoms with Crippen LogP contribution < -0.4 is 10.2 Å². The summed E-state index contributed by atoms with van der Waals surface area (Å²) in [5, 5.41) is 15.2. The molecule has 1 fully saturated rings. The number of amides is 1. The van der Waals surface area contributed by atoms with E-state index >= 15 is 0 Å². The number of hydrogen-bond acceptors (Lipinski definition) is 7. The van der Waals surface area contributed by atoms with E-state index in [-0.39, 0.29) is 29.7 Å². The van der Waals surface area contributed by atoms with Crippen LogP contribution in [0.2, 0.25) is 0 Å². The molecule has 9 nitrogen and oxygen atoms in total. The Hall–Kier alpha value is -2.84. The second kappa shape index (κ2) is 8.67. The van der Waals surface area contributed by atoms with Gasteiger partial charge in [-0.3, -0.25) is 19.8 Å². The van der Waals surface area contributed by atoms with Gasteiger partial charge in [-0.1, -0.05) is 6.42 Å². The summed E-state index contributed by atoms with van der Waals surface area (Å²) in [6, 6.07) is 3.22. The minimum Gasteiger partial charge on any atom is -0.469 e. The van der Waals surface area contributed by atoms with Crippen molar-refractivity contribution in [1.82, 2.24) is 0 Å². The molecule has 3 atom stereocenters. The molecule has 0 spiro atoms. The monoisotopic (exact) mass is 405 g/mol. The lowest BCUT2D eigenvalue weighted by Crippen LogP contribution is -2.42. The number of nitro groups is 1. The SMILES string of the molecule is COC(=O)[C@H]1CCC[C@H](Nc2ccc3c(c2[N+](=O)[O-])CC[C@H](C)N3C(=O)OC)C1. The number of carbonyl (C=O) groups excluding carboxylic acids is 2. The number of nitrogens with zero attached hydrogens (tertiary/aromatic N) is 2. The lowest BCUT2D eigenvalue weighted by atomic mass is 9.85. The van der Waals surface area contributed by atoms with Gasteiger partial charge in [0.25, 0.3) is 5.69 Å². The van der Waals surface area contributed by atoms with Gasteiger partial charge in [-0.2, -0.15) is 0 Å². The van der Waals surface area contributed by atoms with Crippen molar-refractivity contribution >= 4 is 29.1 Å². The molecule has 1 heterocycles. The van der Waals surface area contributed by atoms with Crippen molar-refractivity contribution in [1.29, 1.82) is 0 Å². The molecule has 0 aromatic heterocycles. The van der Waals surface area contributed by atoms with Crippen LogP contribution in [0.15, 0.2) is 12.1 Å². The first-order chi connectivity index (χ1) is 13.9. The summed E-state index contributed by atoms with van der Waals surface area (Å²) in [6.07, 6.45) is 3.61. The molecular formula is C20H27N3O6. The van der Waals surface area contributed by atoms with E-state index in [0.717, 1.165) is 19.3 Å². The van der Waals surface area contributed by atoms with Gasteiger partial charge in [0.1, 0.15) is 5.69 Å². The average Bonchev–Trinajstić information content (AvgIpc) is 2.72. The Morgan fingerprint density at radius 3 is 2.62 bits per heavy atom. The minimum absolute atomic E-state index is 0.0107. The summed E-state index contributed by atoms with van der Waals surface area (Å²) in [7, 11) is 2.68. The molecule has 29 heavy (non-hydrogen) atoms. The van der Waals surface area contributed by atoms with Gasteiger partial charge >= 0.3 is 12.1 Å². The number of carbonyl (C=O) groups is 2. The summed E-state index contributed by atoms with van der Waals surface area (Å²) in [5.74, 6) is -0.433. The minimum atomic E-state index is -0.526. The van der Waals surface area contributed by atoms with E-state index in [1.807, 2.05) is 6.92 Å². The van der Waals surface area contributed by atoms with Crippen LogP contribution in [0.5, 0.6) is 0 Å². The molecule has 1 N–H and O–H groups in total. The lowest BCUT2D eigenvalue weighted by molar-refractivity contribution is -0.384. The third kappa shape index (κ3) is 4.13. The summed E-state index contributed by atoms with van der Waals surface area (Å²) in [5.41, 5.74) is 1.46. The van der Waals surface area contributed by atoms with E-state index in [2.05, 4.69) is 5.32 Å². The molecule has 0 radical (unpaired) electrons. The molecule has 1 saturated carbocycles. The second-order valence-corrected chi connectivity index (χ2v) is 7.67. The number of nitro benzene ring substituents is 1. The Morgan fingerprint density at radius 1 is 1.21 bits per heavy atom. The summed E-state index contributed by atoms with van der Waals surface area (Å²) < 4.78 is 9.73. The first kappa shape index (κ1) is 20.9. The fourth-order valence-electron chi connectivity index (χ4n) is 4.44. The van der Waals surface area contributed by atoms with Crippen molar-refractivity contribution in [3.8, 4) is 0 Å². The molecular weight excluding hydrogens is 378 g/mol. The van der Waals surface area contributed by atoms with E-state index < -0.39 is 11.0 Å². The number of nitrogens with one attached hydrogen (secondary N) is 1. The number of rotatable bonds is 4. The van der Waals surface area contributed by atoms with E-state index in [1.54, 1.807) is 12.1 Å². The normalized spacial score (nSPS) is 23.7. The zero-order valence-corrected chi connectivity index (χ0v) is 17.0. The highest BCUT2D eigenvalue weighted by Crippen LogP contribution is 2.42. The number of hydrogen-bond donors (Lipinski definition) is 1. The highest BCUT2D eigenvalue weighted by atomic mass is 16.6. The standard InChI is InChI=1S/C20H27N3O6/c1-12-7-8-15-17(22(12)20(25)29-3)10-9-16(18(15)23(26)27)21-14-6-4-5-13(11-14)19(24)28-2/h9-10,12-14,21H,4-8,11H2,1-3H3/t12-,13-,14-/m0/s1. The molecule has 0 saturated heterocycles. The number of ether oxygens (including phenoxy) is 2. The Bertz CT molecular complexity index is 812. The molecule has 158 valence electrons.